The predicted octanol–water partition coefficient (Wildman–Crippen LogP) is 7.78. The summed E-state index contributed by atoms with van der Waals surface area (Å²) in [5, 5.41) is 7.50. The molecule has 15 heteroatoms. The number of carbonyl (C=O) groups excluding carboxylic acids is 2. The smallest absolute Gasteiger partial charge is 0.326 e. The van der Waals surface area contributed by atoms with Crippen LogP contribution in [0.3, 0.4) is 0 Å². The van der Waals surface area contributed by atoms with E-state index in [1.54, 1.807) is 0 Å². The second-order valence-corrected chi connectivity index (χ2v) is 16.3. The van der Waals surface area contributed by atoms with E-state index in [-0.39, 0.29) is 30.4 Å². The summed E-state index contributed by atoms with van der Waals surface area (Å²) >= 11 is 12.8. The molecular formula is C42H54Cl2N8O5. The SMILES string of the molecule is CCOc1cc(C(C)(C)C)ccc1C1=N[C@@](C)(c2ccc(Cl)cc2)[C@@](C)(c2ccc(Cl)cc2)N1C(=O)N1CCN(CC(=O)NCCOCCOCCN=[N+]=[N-])CC1. The van der Waals surface area contributed by atoms with E-state index in [2.05, 4.69) is 62.1 Å². The lowest BCUT2D eigenvalue weighted by atomic mass is 9.71. The van der Waals surface area contributed by atoms with Crippen LogP contribution >= 0.6 is 23.2 Å². The van der Waals surface area contributed by atoms with Crippen molar-refractivity contribution in [1.29, 1.82) is 0 Å². The average Bonchev–Trinajstić information content (AvgIpc) is 3.43. The van der Waals surface area contributed by atoms with Gasteiger partial charge >= 0.3 is 6.03 Å². The molecule has 2 heterocycles. The van der Waals surface area contributed by atoms with Gasteiger partial charge in [0.1, 0.15) is 22.7 Å². The number of benzene rings is 3. The second-order valence-electron chi connectivity index (χ2n) is 15.4. The molecule has 3 amide bonds. The number of hydrogen-bond donors (Lipinski definition) is 1. The quantitative estimate of drug-likeness (QED) is 0.0677. The van der Waals surface area contributed by atoms with Gasteiger partial charge in [-0.25, -0.2) is 4.79 Å². The molecule has 1 fully saturated rings. The molecule has 1 saturated heterocycles. The Morgan fingerprint density at radius 3 is 2.11 bits per heavy atom. The Morgan fingerprint density at radius 2 is 1.51 bits per heavy atom. The number of hydrogen-bond acceptors (Lipinski definition) is 8. The molecule has 2 aliphatic rings. The number of azide groups is 1. The van der Waals surface area contributed by atoms with Crippen molar-refractivity contribution in [3.8, 4) is 5.75 Å². The van der Waals surface area contributed by atoms with E-state index in [9.17, 15) is 4.79 Å². The fourth-order valence-electron chi connectivity index (χ4n) is 7.25. The molecular weight excluding hydrogens is 767 g/mol. The lowest BCUT2D eigenvalue weighted by Gasteiger charge is -2.47. The molecule has 57 heavy (non-hydrogen) atoms. The zero-order chi connectivity index (χ0) is 41.2. The summed E-state index contributed by atoms with van der Waals surface area (Å²) in [6.45, 7) is 17.1. The summed E-state index contributed by atoms with van der Waals surface area (Å²) in [6.07, 6.45) is 0. The predicted molar refractivity (Wildman–Crippen MR) is 224 cm³/mol. The van der Waals surface area contributed by atoms with E-state index >= 15 is 4.79 Å². The number of nitrogens with zero attached hydrogens (tertiary/aromatic N) is 7. The van der Waals surface area contributed by atoms with E-state index in [1.807, 2.05) is 76.2 Å². The second kappa shape index (κ2) is 19.4. The molecule has 3 aromatic rings. The number of aliphatic imine (C=N–C) groups is 1. The Hall–Kier alpha value is -4.36. The third-order valence-electron chi connectivity index (χ3n) is 10.7. The highest BCUT2D eigenvalue weighted by Gasteiger charge is 2.60. The zero-order valence-electron chi connectivity index (χ0n) is 33.8. The highest BCUT2D eigenvalue weighted by Crippen LogP contribution is 2.54. The summed E-state index contributed by atoms with van der Waals surface area (Å²) in [5.41, 5.74) is 9.71. The van der Waals surface area contributed by atoms with E-state index in [0.717, 1.165) is 16.7 Å². The molecule has 0 spiro atoms. The Balaban J connectivity index is 1.40. The normalized spacial score (nSPS) is 19.9. The largest absolute Gasteiger partial charge is 0.493 e. The van der Waals surface area contributed by atoms with E-state index in [1.165, 1.54) is 0 Å². The Bertz CT molecular complexity index is 1930. The third-order valence-corrected chi connectivity index (χ3v) is 11.2. The molecule has 5 rings (SSSR count). The maximum absolute atomic E-state index is 15.3. The molecule has 0 aromatic heterocycles. The van der Waals surface area contributed by atoms with Crippen molar-refractivity contribution < 1.29 is 23.8 Å². The summed E-state index contributed by atoms with van der Waals surface area (Å²) in [6, 6.07) is 21.2. The van der Waals surface area contributed by atoms with Crippen molar-refractivity contribution in [1.82, 2.24) is 20.0 Å². The first-order valence-corrected chi connectivity index (χ1v) is 20.1. The molecule has 0 unspecified atom stereocenters. The van der Waals surface area contributed by atoms with Gasteiger partial charge in [-0.1, -0.05) is 79.4 Å². The molecule has 2 atom stereocenters. The molecule has 2 aliphatic heterocycles. The average molecular weight is 822 g/mol. The molecule has 0 aliphatic carbocycles. The first-order chi connectivity index (χ1) is 27.2. The number of halogens is 2. The number of amidine groups is 1. The Kier molecular flexibility index (Phi) is 14.9. The van der Waals surface area contributed by atoms with Crippen LogP contribution in [0, 0.1) is 0 Å². The maximum Gasteiger partial charge on any atom is 0.326 e. The molecule has 0 radical (unpaired) electrons. The fourth-order valence-corrected chi connectivity index (χ4v) is 7.50. The van der Waals surface area contributed by atoms with E-state index in [0.29, 0.717) is 93.0 Å². The minimum absolute atomic E-state index is 0.117. The van der Waals surface area contributed by atoms with Crippen molar-refractivity contribution in [3.63, 3.8) is 0 Å². The van der Waals surface area contributed by atoms with Crippen molar-refractivity contribution in [2.75, 3.05) is 78.8 Å². The number of carbonyl (C=O) groups is 2. The van der Waals surface area contributed by atoms with Crippen LogP contribution < -0.4 is 10.1 Å². The summed E-state index contributed by atoms with van der Waals surface area (Å²) in [4.78, 5) is 42.1. The number of rotatable bonds is 16. The summed E-state index contributed by atoms with van der Waals surface area (Å²) < 4.78 is 17.2. The van der Waals surface area contributed by atoms with Gasteiger partial charge in [-0.2, -0.15) is 0 Å². The lowest BCUT2D eigenvalue weighted by Crippen LogP contribution is -2.61. The van der Waals surface area contributed by atoms with Gasteiger partial charge in [0.2, 0.25) is 5.91 Å². The topological polar surface area (TPSA) is 145 Å². The number of urea groups is 1. The van der Waals surface area contributed by atoms with Gasteiger partial charge in [-0.05, 0) is 84.8 Å². The van der Waals surface area contributed by atoms with Crippen LogP contribution in [0.1, 0.15) is 63.8 Å². The van der Waals surface area contributed by atoms with E-state index < -0.39 is 11.1 Å². The van der Waals surface area contributed by atoms with Crippen LogP contribution in [0.25, 0.3) is 10.4 Å². The highest BCUT2D eigenvalue weighted by atomic mass is 35.5. The van der Waals surface area contributed by atoms with Gasteiger partial charge in [0.25, 0.3) is 0 Å². The van der Waals surface area contributed by atoms with Gasteiger partial charge in [0.05, 0.1) is 45.1 Å². The van der Waals surface area contributed by atoms with Crippen molar-refractivity contribution >= 4 is 41.0 Å². The van der Waals surface area contributed by atoms with Crippen molar-refractivity contribution in [2.45, 2.75) is 58.0 Å². The highest BCUT2D eigenvalue weighted by molar-refractivity contribution is 6.30. The first-order valence-electron chi connectivity index (χ1n) is 19.4. The lowest BCUT2D eigenvalue weighted by molar-refractivity contribution is -0.122. The standard InChI is InChI=1S/C42H54Cl2N8O5/c1-7-57-36-28-32(40(2,3)4)12-17-35(36)38-48-41(5,30-8-13-33(43)14-9-30)42(6,31-10-15-34(44)16-11-31)52(38)39(54)51-22-20-50(21-23-51)29-37(53)46-18-24-55-26-27-56-25-19-47-49-45/h8-17,28H,7,18-27,29H2,1-6H3,(H,46,53)/t41-,42+/m0/s1. The van der Waals surface area contributed by atoms with Gasteiger partial charge in [-0.3, -0.25) is 19.6 Å². The number of piperazine rings is 1. The Morgan fingerprint density at radius 1 is 0.895 bits per heavy atom. The van der Waals surface area contributed by atoms with Gasteiger partial charge < -0.3 is 24.4 Å². The maximum atomic E-state index is 15.3. The van der Waals surface area contributed by atoms with Crippen LogP contribution in [0.5, 0.6) is 5.75 Å². The molecule has 0 bridgehead atoms. The minimum atomic E-state index is -1.04. The minimum Gasteiger partial charge on any atom is -0.493 e. The fraction of sp³-hybridized carbons (Fsp3) is 0.500. The number of amides is 3. The van der Waals surface area contributed by atoms with Crippen molar-refractivity contribution in [2.24, 2.45) is 10.1 Å². The molecule has 1 N–H and O–H groups in total. The molecule has 13 nitrogen and oxygen atoms in total. The van der Waals surface area contributed by atoms with Gasteiger partial charge in [0.15, 0.2) is 0 Å². The molecule has 3 aromatic carbocycles. The summed E-state index contributed by atoms with van der Waals surface area (Å²) in [5.74, 6) is 1.04. The summed E-state index contributed by atoms with van der Waals surface area (Å²) in [7, 11) is 0. The van der Waals surface area contributed by atoms with Crippen molar-refractivity contribution in [3.05, 3.63) is 109 Å². The molecule has 0 saturated carbocycles. The van der Waals surface area contributed by atoms with Gasteiger partial charge in [0, 0.05) is 54.2 Å². The monoisotopic (exact) mass is 820 g/mol. The van der Waals surface area contributed by atoms with Crippen LogP contribution in [0.15, 0.2) is 76.8 Å². The first kappa shape index (κ1) is 43.8. The van der Waals surface area contributed by atoms with Crippen LogP contribution in [0.2, 0.25) is 10.0 Å². The van der Waals surface area contributed by atoms with E-state index in [4.69, 9.17) is 47.9 Å². The van der Waals surface area contributed by atoms with Gasteiger partial charge in [-0.15, -0.1) is 0 Å². The molecule has 306 valence electrons. The third kappa shape index (κ3) is 10.2. The van der Waals surface area contributed by atoms with Crippen LogP contribution in [-0.4, -0.2) is 111 Å². The number of ether oxygens (including phenoxy) is 3. The van der Waals surface area contributed by atoms with Crippen LogP contribution in [-0.2, 0) is 30.8 Å². The Labute approximate surface area is 345 Å². The van der Waals surface area contributed by atoms with Crippen LogP contribution in [0.4, 0.5) is 4.79 Å². The number of nitrogens with one attached hydrogen (secondary N) is 1. The zero-order valence-corrected chi connectivity index (χ0v) is 35.3.